The van der Waals surface area contributed by atoms with Crippen molar-refractivity contribution in [3.05, 3.63) is 90.0 Å². The molecule has 0 saturated heterocycles. The molecule has 2 rings (SSSR count). The molecule has 0 aliphatic heterocycles. The molecule has 0 aliphatic rings. The fourth-order valence-electron chi connectivity index (χ4n) is 2.27. The molecule has 0 atom stereocenters. The second kappa shape index (κ2) is 9.87. The lowest BCUT2D eigenvalue weighted by atomic mass is 10.2. The fraction of sp³-hybridized carbons (Fsp3) is 0.136. The first kappa shape index (κ1) is 20.6. The van der Waals surface area contributed by atoms with Crippen LogP contribution in [0.1, 0.15) is 17.3 Å². The van der Waals surface area contributed by atoms with Crippen molar-refractivity contribution in [2.75, 3.05) is 19.1 Å². The average molecular weight is 380 g/mol. The predicted octanol–water partition coefficient (Wildman–Crippen LogP) is 3.95. The Morgan fingerprint density at radius 1 is 1.11 bits per heavy atom. The first-order valence-corrected chi connectivity index (χ1v) is 8.59. The van der Waals surface area contributed by atoms with Gasteiger partial charge in [0, 0.05) is 24.0 Å². The monoisotopic (exact) mass is 380 g/mol. The van der Waals surface area contributed by atoms with Crippen molar-refractivity contribution in [3.8, 4) is 11.5 Å². The molecule has 0 heterocycles. The van der Waals surface area contributed by atoms with E-state index in [2.05, 4.69) is 0 Å². The third-order valence-corrected chi connectivity index (χ3v) is 3.91. The molecule has 0 spiro atoms. The molecule has 0 radical (unpaired) electrons. The van der Waals surface area contributed by atoms with Crippen molar-refractivity contribution in [2.45, 2.75) is 6.92 Å². The summed E-state index contributed by atoms with van der Waals surface area (Å²) in [5.74, 6) is 1.29. The maximum Gasteiger partial charge on any atom is 0.258 e. The Labute approximate surface area is 164 Å². The molecule has 6 nitrogen and oxygen atoms in total. The zero-order valence-electron chi connectivity index (χ0n) is 16.1. The highest BCUT2D eigenvalue weighted by Gasteiger charge is 2.13. The van der Waals surface area contributed by atoms with E-state index in [1.54, 1.807) is 68.8 Å². The lowest BCUT2D eigenvalue weighted by molar-refractivity contribution is 0.0993. The molecule has 6 heteroatoms. The van der Waals surface area contributed by atoms with E-state index in [4.69, 9.17) is 15.2 Å². The molecule has 0 saturated carbocycles. The minimum absolute atomic E-state index is 0.121. The smallest absolute Gasteiger partial charge is 0.258 e. The topological polar surface area (TPSA) is 85.0 Å². The number of allylic oxidation sites excluding steroid dienone is 4. The minimum atomic E-state index is -0.173. The number of carbonyl (C=O) groups excluding carboxylic acids is 1. The molecule has 0 unspecified atom stereocenters. The lowest BCUT2D eigenvalue weighted by Crippen LogP contribution is -2.25. The largest absolute Gasteiger partial charge is 0.508 e. The number of methoxy groups -OCH3 is 1. The van der Waals surface area contributed by atoms with Crippen molar-refractivity contribution in [1.82, 2.24) is 0 Å². The van der Waals surface area contributed by atoms with E-state index in [-0.39, 0.29) is 11.7 Å². The van der Waals surface area contributed by atoms with Gasteiger partial charge in [-0.2, -0.15) is 0 Å². The minimum Gasteiger partial charge on any atom is -0.508 e. The van der Waals surface area contributed by atoms with Crippen molar-refractivity contribution in [1.29, 1.82) is 0 Å². The first-order chi connectivity index (χ1) is 13.4. The Kier molecular flexibility index (Phi) is 7.28. The molecule has 2 aromatic carbocycles. The number of rotatable bonds is 7. The highest BCUT2D eigenvalue weighted by Crippen LogP contribution is 2.21. The first-order valence-electron chi connectivity index (χ1n) is 8.59. The van der Waals surface area contributed by atoms with Crippen molar-refractivity contribution in [3.63, 3.8) is 0 Å². The Morgan fingerprint density at radius 3 is 2.36 bits per heavy atom. The van der Waals surface area contributed by atoms with Crippen LogP contribution in [0.25, 0.3) is 0 Å². The average Bonchev–Trinajstić information content (AvgIpc) is 2.71. The summed E-state index contributed by atoms with van der Waals surface area (Å²) < 4.78 is 10.5. The van der Waals surface area contributed by atoms with Crippen LogP contribution < -0.4 is 15.4 Å². The number of phenolic OH excluding ortho intramolecular Hbond substituents is 1. The Hall–Kier alpha value is -3.67. The van der Waals surface area contributed by atoms with Gasteiger partial charge in [-0.1, -0.05) is 0 Å². The molecule has 0 aromatic heterocycles. The number of carbonyl (C=O) groups is 1. The predicted molar refractivity (Wildman–Crippen MR) is 110 cm³/mol. The second-order valence-corrected chi connectivity index (χ2v) is 5.98. The van der Waals surface area contributed by atoms with Crippen LogP contribution in [0.15, 0.2) is 84.5 Å². The Bertz CT molecular complexity index is 882. The van der Waals surface area contributed by atoms with Gasteiger partial charge in [-0.05, 0) is 73.7 Å². The van der Waals surface area contributed by atoms with Crippen LogP contribution in [-0.4, -0.2) is 25.2 Å². The van der Waals surface area contributed by atoms with Gasteiger partial charge in [0.25, 0.3) is 5.91 Å². The number of nitrogens with zero attached hydrogens (tertiary/aromatic N) is 1. The maximum absolute atomic E-state index is 12.5. The van der Waals surface area contributed by atoms with Crippen molar-refractivity contribution in [2.24, 2.45) is 5.73 Å². The Balaban J connectivity index is 1.97. The highest BCUT2D eigenvalue weighted by molar-refractivity contribution is 6.05. The quantitative estimate of drug-likeness (QED) is 0.561. The summed E-state index contributed by atoms with van der Waals surface area (Å²) in [6.45, 7) is 1.81. The van der Waals surface area contributed by atoms with Crippen LogP contribution in [-0.2, 0) is 4.74 Å². The molecule has 1 amide bonds. The van der Waals surface area contributed by atoms with E-state index in [0.29, 0.717) is 22.8 Å². The van der Waals surface area contributed by atoms with Crippen LogP contribution in [0.3, 0.4) is 0 Å². The lowest BCUT2D eigenvalue weighted by Gasteiger charge is -2.17. The van der Waals surface area contributed by atoms with Gasteiger partial charge in [-0.15, -0.1) is 0 Å². The number of ether oxygens (including phenoxy) is 2. The zero-order valence-corrected chi connectivity index (χ0v) is 16.1. The van der Waals surface area contributed by atoms with E-state index >= 15 is 0 Å². The van der Waals surface area contributed by atoms with Gasteiger partial charge < -0.3 is 25.2 Å². The normalized spacial score (nSPS) is 12.1. The molecular weight excluding hydrogens is 356 g/mol. The van der Waals surface area contributed by atoms with Gasteiger partial charge in [0.1, 0.15) is 11.5 Å². The van der Waals surface area contributed by atoms with Gasteiger partial charge in [-0.3, -0.25) is 4.79 Å². The number of nitrogens with two attached hydrogens (primary N) is 1. The number of hydrogen-bond acceptors (Lipinski definition) is 5. The van der Waals surface area contributed by atoms with Gasteiger partial charge in [0.2, 0.25) is 0 Å². The zero-order chi connectivity index (χ0) is 20.5. The fourth-order valence-corrected chi connectivity index (χ4v) is 2.27. The number of phenols is 1. The molecule has 0 aliphatic carbocycles. The molecular formula is C22H24N2O4. The molecule has 146 valence electrons. The molecule has 0 bridgehead atoms. The van der Waals surface area contributed by atoms with Gasteiger partial charge >= 0.3 is 0 Å². The van der Waals surface area contributed by atoms with Crippen LogP contribution >= 0.6 is 0 Å². The number of amides is 1. The van der Waals surface area contributed by atoms with Gasteiger partial charge in [0.15, 0.2) is 0 Å². The maximum atomic E-state index is 12.5. The van der Waals surface area contributed by atoms with E-state index in [1.807, 2.05) is 6.92 Å². The van der Waals surface area contributed by atoms with Gasteiger partial charge in [0.05, 0.1) is 19.1 Å². The number of benzene rings is 2. The van der Waals surface area contributed by atoms with E-state index in [1.165, 1.54) is 23.3 Å². The summed E-state index contributed by atoms with van der Waals surface area (Å²) in [6.07, 6.45) is 6.60. The second-order valence-electron chi connectivity index (χ2n) is 5.98. The summed E-state index contributed by atoms with van der Waals surface area (Å²) in [5.41, 5.74) is 7.57. The van der Waals surface area contributed by atoms with Gasteiger partial charge in [-0.25, -0.2) is 0 Å². The number of anilines is 1. The summed E-state index contributed by atoms with van der Waals surface area (Å²) in [7, 11) is 3.27. The summed E-state index contributed by atoms with van der Waals surface area (Å²) in [6, 6.07) is 13.2. The van der Waals surface area contributed by atoms with Crippen LogP contribution in [0.2, 0.25) is 0 Å². The van der Waals surface area contributed by atoms with Crippen LogP contribution in [0.4, 0.5) is 5.69 Å². The van der Waals surface area contributed by atoms with E-state index in [9.17, 15) is 9.90 Å². The Morgan fingerprint density at radius 2 is 1.75 bits per heavy atom. The highest BCUT2D eigenvalue weighted by atomic mass is 16.5. The van der Waals surface area contributed by atoms with Crippen molar-refractivity contribution < 1.29 is 19.4 Å². The van der Waals surface area contributed by atoms with E-state index in [0.717, 1.165) is 5.69 Å². The SMILES string of the molecule is CO/C(C)=C/C(N)=C\C=C\Oc1ccc(N(C)C(=O)c2ccc(O)cc2)cc1. The molecule has 3 N–H and O–H groups in total. The summed E-state index contributed by atoms with van der Waals surface area (Å²) in [5, 5.41) is 9.33. The molecule has 0 fully saturated rings. The number of aromatic hydroxyl groups is 1. The summed E-state index contributed by atoms with van der Waals surface area (Å²) >= 11 is 0. The number of hydrogen-bond donors (Lipinski definition) is 2. The van der Waals surface area contributed by atoms with Crippen LogP contribution in [0.5, 0.6) is 11.5 Å². The third-order valence-electron chi connectivity index (χ3n) is 3.91. The van der Waals surface area contributed by atoms with E-state index < -0.39 is 0 Å². The van der Waals surface area contributed by atoms with Crippen LogP contribution in [0, 0.1) is 0 Å². The molecule has 28 heavy (non-hydrogen) atoms. The summed E-state index contributed by atoms with van der Waals surface area (Å²) in [4.78, 5) is 14.0. The molecule has 2 aromatic rings. The van der Waals surface area contributed by atoms with Crippen molar-refractivity contribution >= 4 is 11.6 Å². The standard InChI is InChI=1S/C22H24N2O4/c1-16(27-3)15-18(23)5-4-14-28-21-12-8-19(9-13-21)24(2)22(26)17-6-10-20(25)11-7-17/h4-15,25H,23H2,1-3H3/b14-4+,16-15+,18-5+. The third kappa shape index (κ3) is 5.95.